The number of nitrogens with one attached hydrogen (secondary N) is 1. The Hall–Kier alpha value is -3.02. The standard InChI is InChI=1S/C17H18N2O4/c1-22-15-7-6-12(9-16(15)23-2)10-17(21)19-18-11-13-4-3-5-14(20)8-13/h3-9,11,20H,10H2,1-2H3,(H,19,21)/b18-11-. The van der Waals surface area contributed by atoms with E-state index in [4.69, 9.17) is 9.47 Å². The normalized spacial score (nSPS) is 10.5. The molecule has 0 saturated carbocycles. The van der Waals surface area contributed by atoms with Crippen LogP contribution in [-0.4, -0.2) is 31.4 Å². The summed E-state index contributed by atoms with van der Waals surface area (Å²) >= 11 is 0. The van der Waals surface area contributed by atoms with E-state index in [1.165, 1.54) is 6.21 Å². The summed E-state index contributed by atoms with van der Waals surface area (Å²) in [6.45, 7) is 0. The number of nitrogens with zero attached hydrogens (tertiary/aromatic N) is 1. The van der Waals surface area contributed by atoms with E-state index in [2.05, 4.69) is 10.5 Å². The first-order chi connectivity index (χ1) is 11.1. The summed E-state index contributed by atoms with van der Waals surface area (Å²) in [7, 11) is 3.10. The fourth-order valence-corrected chi connectivity index (χ4v) is 2.00. The quantitative estimate of drug-likeness (QED) is 0.632. The Kier molecular flexibility index (Phi) is 5.57. The number of phenolic OH excluding ortho intramolecular Hbond substituents is 1. The van der Waals surface area contributed by atoms with Crippen LogP contribution in [0.3, 0.4) is 0 Å². The summed E-state index contributed by atoms with van der Waals surface area (Å²) in [5, 5.41) is 13.2. The predicted molar refractivity (Wildman–Crippen MR) is 87.1 cm³/mol. The molecule has 0 bridgehead atoms. The molecular weight excluding hydrogens is 296 g/mol. The maximum atomic E-state index is 11.9. The number of methoxy groups -OCH3 is 2. The number of amides is 1. The molecule has 0 aliphatic rings. The summed E-state index contributed by atoms with van der Waals surface area (Å²) in [6.07, 6.45) is 1.63. The molecule has 0 aliphatic heterocycles. The van der Waals surface area contributed by atoms with Crippen LogP contribution >= 0.6 is 0 Å². The largest absolute Gasteiger partial charge is 0.508 e. The summed E-state index contributed by atoms with van der Waals surface area (Å²) in [5.74, 6) is 1.07. The SMILES string of the molecule is COc1ccc(CC(=O)N/N=C\c2cccc(O)c2)cc1OC. The van der Waals surface area contributed by atoms with Gasteiger partial charge in [0, 0.05) is 0 Å². The van der Waals surface area contributed by atoms with Crippen molar-refractivity contribution in [1.82, 2.24) is 5.43 Å². The number of ether oxygens (including phenoxy) is 2. The van der Waals surface area contributed by atoms with Crippen molar-refractivity contribution in [3.8, 4) is 17.2 Å². The average Bonchev–Trinajstić information content (AvgIpc) is 2.54. The molecule has 0 radical (unpaired) electrons. The Balaban J connectivity index is 1.94. The van der Waals surface area contributed by atoms with Crippen LogP contribution in [0.1, 0.15) is 11.1 Å². The first-order valence-electron chi connectivity index (χ1n) is 6.94. The number of carbonyl (C=O) groups is 1. The lowest BCUT2D eigenvalue weighted by Gasteiger charge is -2.09. The minimum absolute atomic E-state index is 0.144. The number of hydrazone groups is 1. The van der Waals surface area contributed by atoms with Crippen molar-refractivity contribution in [3.63, 3.8) is 0 Å². The highest BCUT2D eigenvalue weighted by molar-refractivity contribution is 5.83. The third-order valence-electron chi connectivity index (χ3n) is 3.09. The Labute approximate surface area is 134 Å². The topological polar surface area (TPSA) is 80.2 Å². The van der Waals surface area contributed by atoms with E-state index in [1.807, 2.05) is 0 Å². The molecule has 1 amide bonds. The van der Waals surface area contributed by atoms with Crippen molar-refractivity contribution < 1.29 is 19.4 Å². The number of benzene rings is 2. The van der Waals surface area contributed by atoms with Crippen molar-refractivity contribution in [3.05, 3.63) is 53.6 Å². The van der Waals surface area contributed by atoms with Crippen molar-refractivity contribution >= 4 is 12.1 Å². The van der Waals surface area contributed by atoms with E-state index in [-0.39, 0.29) is 18.1 Å². The summed E-state index contributed by atoms with van der Waals surface area (Å²) in [5.41, 5.74) is 3.92. The maximum Gasteiger partial charge on any atom is 0.244 e. The van der Waals surface area contributed by atoms with Crippen LogP contribution in [-0.2, 0) is 11.2 Å². The van der Waals surface area contributed by atoms with Gasteiger partial charge in [0.15, 0.2) is 11.5 Å². The van der Waals surface area contributed by atoms with Gasteiger partial charge in [0.25, 0.3) is 0 Å². The first-order valence-corrected chi connectivity index (χ1v) is 6.94. The van der Waals surface area contributed by atoms with Gasteiger partial charge < -0.3 is 14.6 Å². The Morgan fingerprint density at radius 3 is 2.65 bits per heavy atom. The third-order valence-corrected chi connectivity index (χ3v) is 3.09. The van der Waals surface area contributed by atoms with Gasteiger partial charge in [-0.15, -0.1) is 0 Å². The lowest BCUT2D eigenvalue weighted by molar-refractivity contribution is -0.120. The Bertz CT molecular complexity index is 713. The molecule has 6 nitrogen and oxygen atoms in total. The first kappa shape index (κ1) is 16.4. The molecule has 0 heterocycles. The van der Waals surface area contributed by atoms with Gasteiger partial charge in [-0.2, -0.15) is 5.10 Å². The summed E-state index contributed by atoms with van der Waals surface area (Å²) in [6, 6.07) is 11.9. The molecule has 0 aliphatic carbocycles. The molecule has 0 unspecified atom stereocenters. The van der Waals surface area contributed by atoms with Crippen LogP contribution in [0, 0.1) is 0 Å². The van der Waals surface area contributed by atoms with E-state index >= 15 is 0 Å². The number of phenols is 1. The molecule has 0 aromatic heterocycles. The number of hydrogen-bond donors (Lipinski definition) is 2. The fourth-order valence-electron chi connectivity index (χ4n) is 2.00. The van der Waals surface area contributed by atoms with E-state index in [0.29, 0.717) is 17.1 Å². The zero-order valence-corrected chi connectivity index (χ0v) is 12.9. The van der Waals surface area contributed by atoms with E-state index in [0.717, 1.165) is 5.56 Å². The third kappa shape index (κ3) is 4.74. The van der Waals surface area contributed by atoms with Crippen molar-refractivity contribution in [2.24, 2.45) is 5.10 Å². The molecule has 0 saturated heterocycles. The highest BCUT2D eigenvalue weighted by Crippen LogP contribution is 2.27. The Morgan fingerprint density at radius 1 is 1.17 bits per heavy atom. The monoisotopic (exact) mass is 314 g/mol. The van der Waals surface area contributed by atoms with Crippen molar-refractivity contribution in [2.45, 2.75) is 6.42 Å². The molecular formula is C17H18N2O4. The zero-order valence-electron chi connectivity index (χ0n) is 12.9. The second-order valence-electron chi connectivity index (χ2n) is 4.75. The number of carbonyl (C=O) groups excluding carboxylic acids is 1. The van der Waals surface area contributed by atoms with Crippen LogP contribution in [0.25, 0.3) is 0 Å². The molecule has 0 spiro atoms. The van der Waals surface area contributed by atoms with Crippen LogP contribution in [0.5, 0.6) is 17.2 Å². The second-order valence-corrected chi connectivity index (χ2v) is 4.75. The van der Waals surface area contributed by atoms with Gasteiger partial charge in [0.1, 0.15) is 5.75 Å². The highest BCUT2D eigenvalue weighted by Gasteiger charge is 2.07. The Morgan fingerprint density at radius 2 is 1.96 bits per heavy atom. The molecule has 120 valence electrons. The smallest absolute Gasteiger partial charge is 0.244 e. The molecule has 2 rings (SSSR count). The number of hydrogen-bond acceptors (Lipinski definition) is 5. The van der Waals surface area contributed by atoms with Gasteiger partial charge in [-0.1, -0.05) is 18.2 Å². The van der Waals surface area contributed by atoms with Gasteiger partial charge in [0.2, 0.25) is 5.91 Å². The van der Waals surface area contributed by atoms with Crippen molar-refractivity contribution in [2.75, 3.05) is 14.2 Å². The van der Waals surface area contributed by atoms with Crippen LogP contribution < -0.4 is 14.9 Å². The molecule has 2 N–H and O–H groups in total. The molecule has 0 atom stereocenters. The summed E-state index contributed by atoms with van der Waals surface area (Å²) < 4.78 is 10.3. The highest BCUT2D eigenvalue weighted by atomic mass is 16.5. The van der Waals surface area contributed by atoms with Crippen molar-refractivity contribution in [1.29, 1.82) is 0 Å². The van der Waals surface area contributed by atoms with Gasteiger partial charge in [-0.25, -0.2) is 5.43 Å². The van der Waals surface area contributed by atoms with E-state index in [9.17, 15) is 9.90 Å². The maximum absolute atomic E-state index is 11.9. The van der Waals surface area contributed by atoms with E-state index < -0.39 is 0 Å². The minimum atomic E-state index is -0.256. The predicted octanol–water partition coefficient (Wildman–Crippen LogP) is 2.10. The van der Waals surface area contributed by atoms with Crippen LogP contribution in [0.4, 0.5) is 0 Å². The molecule has 6 heteroatoms. The number of rotatable bonds is 6. The van der Waals surface area contributed by atoms with E-state index in [1.54, 1.807) is 56.7 Å². The molecule has 23 heavy (non-hydrogen) atoms. The second kappa shape index (κ2) is 7.84. The average molecular weight is 314 g/mol. The molecule has 2 aromatic rings. The van der Waals surface area contributed by atoms with Gasteiger partial charge in [-0.3, -0.25) is 4.79 Å². The fraction of sp³-hybridized carbons (Fsp3) is 0.176. The zero-order chi connectivity index (χ0) is 16.7. The van der Waals surface area contributed by atoms with Crippen LogP contribution in [0.2, 0.25) is 0 Å². The van der Waals surface area contributed by atoms with Gasteiger partial charge in [-0.05, 0) is 35.4 Å². The molecule has 2 aromatic carbocycles. The van der Waals surface area contributed by atoms with Crippen LogP contribution in [0.15, 0.2) is 47.6 Å². The molecule has 0 fully saturated rings. The van der Waals surface area contributed by atoms with Gasteiger partial charge in [0.05, 0.1) is 26.9 Å². The number of aromatic hydroxyl groups is 1. The summed E-state index contributed by atoms with van der Waals surface area (Å²) in [4.78, 5) is 11.9. The van der Waals surface area contributed by atoms with Gasteiger partial charge >= 0.3 is 0 Å². The lowest BCUT2D eigenvalue weighted by atomic mass is 10.1. The minimum Gasteiger partial charge on any atom is -0.508 e. The lowest BCUT2D eigenvalue weighted by Crippen LogP contribution is -2.19.